The van der Waals surface area contributed by atoms with E-state index < -0.39 is 6.10 Å². The van der Waals surface area contributed by atoms with Crippen LogP contribution in [0.25, 0.3) is 0 Å². The average molecular weight is 291 g/mol. The maximum atomic E-state index is 12.1. The fourth-order valence-corrected chi connectivity index (χ4v) is 1.95. The number of amides is 1. The van der Waals surface area contributed by atoms with Crippen molar-refractivity contribution in [3.8, 4) is 5.75 Å². The zero-order chi connectivity index (χ0) is 15.7. The molecule has 1 aromatic rings. The molecule has 4 nitrogen and oxygen atoms in total. The first-order valence-electron chi connectivity index (χ1n) is 7.29. The van der Waals surface area contributed by atoms with E-state index >= 15 is 0 Å². The molecule has 0 aliphatic heterocycles. The minimum absolute atomic E-state index is 0.0196. The van der Waals surface area contributed by atoms with Crippen molar-refractivity contribution in [1.82, 2.24) is 5.32 Å². The smallest absolute Gasteiger partial charge is 0.249 e. The van der Waals surface area contributed by atoms with Gasteiger partial charge in [0.05, 0.1) is 19.8 Å². The van der Waals surface area contributed by atoms with E-state index in [1.54, 1.807) is 20.1 Å². The predicted octanol–water partition coefficient (Wildman–Crippen LogP) is 3.24. The Bertz CT molecular complexity index is 442. The van der Waals surface area contributed by atoms with Gasteiger partial charge in [-0.2, -0.15) is 0 Å². The van der Waals surface area contributed by atoms with Gasteiger partial charge in [-0.25, -0.2) is 0 Å². The number of ether oxygens (including phenoxy) is 2. The largest absolute Gasteiger partial charge is 0.497 e. The van der Waals surface area contributed by atoms with Gasteiger partial charge < -0.3 is 14.8 Å². The highest BCUT2D eigenvalue weighted by molar-refractivity contribution is 5.80. The topological polar surface area (TPSA) is 47.6 Å². The lowest BCUT2D eigenvalue weighted by Crippen LogP contribution is -2.37. The van der Waals surface area contributed by atoms with Crippen molar-refractivity contribution in [1.29, 1.82) is 0 Å². The number of rotatable bonds is 9. The SMILES string of the molecule is C=CCCOC(C)C(=O)NC(CC)c1ccc(OC)cc1. The summed E-state index contributed by atoms with van der Waals surface area (Å²) in [4.78, 5) is 12.1. The fraction of sp³-hybridized carbons (Fsp3) is 0.471. The van der Waals surface area contributed by atoms with Crippen molar-refractivity contribution in [2.75, 3.05) is 13.7 Å². The molecule has 2 atom stereocenters. The molecule has 1 N–H and O–H groups in total. The van der Waals surface area contributed by atoms with Crippen LogP contribution < -0.4 is 10.1 Å². The second kappa shape index (κ2) is 9.19. The monoisotopic (exact) mass is 291 g/mol. The van der Waals surface area contributed by atoms with Crippen LogP contribution in [0.2, 0.25) is 0 Å². The number of hydrogen-bond acceptors (Lipinski definition) is 3. The van der Waals surface area contributed by atoms with Crippen LogP contribution in [0.5, 0.6) is 5.75 Å². The molecule has 1 rings (SSSR count). The van der Waals surface area contributed by atoms with Gasteiger partial charge in [-0.05, 0) is 37.5 Å². The highest BCUT2D eigenvalue weighted by Crippen LogP contribution is 2.20. The van der Waals surface area contributed by atoms with Crippen molar-refractivity contribution in [3.05, 3.63) is 42.5 Å². The van der Waals surface area contributed by atoms with Crippen LogP contribution in [0.15, 0.2) is 36.9 Å². The molecule has 0 heterocycles. The Hall–Kier alpha value is -1.81. The minimum atomic E-state index is -0.461. The van der Waals surface area contributed by atoms with Gasteiger partial charge in [0, 0.05) is 0 Å². The Kier molecular flexibility index (Phi) is 7.54. The molecule has 0 bridgehead atoms. The molecular formula is C17H25NO3. The molecule has 2 unspecified atom stereocenters. The van der Waals surface area contributed by atoms with E-state index in [0.717, 1.165) is 24.2 Å². The Morgan fingerprint density at radius 1 is 1.38 bits per heavy atom. The second-order valence-electron chi connectivity index (χ2n) is 4.83. The van der Waals surface area contributed by atoms with E-state index in [-0.39, 0.29) is 11.9 Å². The maximum Gasteiger partial charge on any atom is 0.249 e. The van der Waals surface area contributed by atoms with Gasteiger partial charge in [0.15, 0.2) is 0 Å². The fourth-order valence-electron chi connectivity index (χ4n) is 1.95. The lowest BCUT2D eigenvalue weighted by Gasteiger charge is -2.20. The molecule has 1 amide bonds. The van der Waals surface area contributed by atoms with E-state index in [2.05, 4.69) is 11.9 Å². The molecule has 0 spiro atoms. The summed E-state index contributed by atoms with van der Waals surface area (Å²) in [7, 11) is 1.64. The molecule has 0 aliphatic rings. The molecule has 1 aromatic carbocycles. The Labute approximate surface area is 127 Å². The first-order valence-corrected chi connectivity index (χ1v) is 7.29. The van der Waals surface area contributed by atoms with Crippen LogP contribution in [0.1, 0.15) is 38.3 Å². The highest BCUT2D eigenvalue weighted by Gasteiger charge is 2.18. The zero-order valence-corrected chi connectivity index (χ0v) is 13.1. The molecule has 21 heavy (non-hydrogen) atoms. The number of benzene rings is 1. The third kappa shape index (κ3) is 5.60. The number of nitrogens with one attached hydrogen (secondary N) is 1. The van der Waals surface area contributed by atoms with Gasteiger partial charge in [-0.3, -0.25) is 4.79 Å². The van der Waals surface area contributed by atoms with Gasteiger partial charge in [-0.1, -0.05) is 25.1 Å². The summed E-state index contributed by atoms with van der Waals surface area (Å²) in [6, 6.07) is 7.71. The third-order valence-electron chi connectivity index (χ3n) is 3.30. The van der Waals surface area contributed by atoms with Crippen molar-refractivity contribution >= 4 is 5.91 Å². The van der Waals surface area contributed by atoms with E-state index in [9.17, 15) is 4.79 Å². The zero-order valence-electron chi connectivity index (χ0n) is 13.1. The van der Waals surface area contributed by atoms with Gasteiger partial charge in [-0.15, -0.1) is 6.58 Å². The number of methoxy groups -OCH3 is 1. The molecule has 116 valence electrons. The molecular weight excluding hydrogens is 266 g/mol. The van der Waals surface area contributed by atoms with Crippen LogP contribution in [0, 0.1) is 0 Å². The summed E-state index contributed by atoms with van der Waals surface area (Å²) in [5.74, 6) is 0.711. The van der Waals surface area contributed by atoms with Gasteiger partial charge >= 0.3 is 0 Å². The van der Waals surface area contributed by atoms with Crippen LogP contribution in [0.4, 0.5) is 0 Å². The Balaban J connectivity index is 2.59. The van der Waals surface area contributed by atoms with E-state index in [1.165, 1.54) is 0 Å². The van der Waals surface area contributed by atoms with E-state index in [0.29, 0.717) is 6.61 Å². The predicted molar refractivity (Wildman–Crippen MR) is 84.4 cm³/mol. The summed E-state index contributed by atoms with van der Waals surface area (Å²) in [5.41, 5.74) is 1.06. The molecule has 0 aliphatic carbocycles. The van der Waals surface area contributed by atoms with Crippen molar-refractivity contribution in [2.45, 2.75) is 38.8 Å². The summed E-state index contributed by atoms with van der Waals surface area (Å²) in [6.07, 6.45) is 2.87. The third-order valence-corrected chi connectivity index (χ3v) is 3.30. The highest BCUT2D eigenvalue weighted by atomic mass is 16.5. The van der Waals surface area contributed by atoms with Crippen molar-refractivity contribution in [3.63, 3.8) is 0 Å². The molecule has 4 heteroatoms. The first kappa shape index (κ1) is 17.2. The van der Waals surface area contributed by atoms with Crippen LogP contribution >= 0.6 is 0 Å². The molecule has 0 aromatic heterocycles. The van der Waals surface area contributed by atoms with Crippen molar-refractivity contribution < 1.29 is 14.3 Å². The Morgan fingerprint density at radius 2 is 2.05 bits per heavy atom. The first-order chi connectivity index (χ1) is 10.1. The lowest BCUT2D eigenvalue weighted by molar-refractivity contribution is -0.132. The summed E-state index contributed by atoms with van der Waals surface area (Å²) in [5, 5.41) is 3.02. The van der Waals surface area contributed by atoms with Crippen LogP contribution in [-0.2, 0) is 9.53 Å². The quantitative estimate of drug-likeness (QED) is 0.561. The summed E-state index contributed by atoms with van der Waals surface area (Å²) >= 11 is 0. The molecule has 0 fully saturated rings. The van der Waals surface area contributed by atoms with Crippen LogP contribution in [-0.4, -0.2) is 25.7 Å². The number of hydrogen-bond donors (Lipinski definition) is 1. The van der Waals surface area contributed by atoms with Gasteiger partial charge in [0.25, 0.3) is 0 Å². The average Bonchev–Trinajstić information content (AvgIpc) is 2.52. The molecule has 0 radical (unpaired) electrons. The molecule has 0 saturated heterocycles. The van der Waals surface area contributed by atoms with E-state index in [4.69, 9.17) is 9.47 Å². The second-order valence-corrected chi connectivity index (χ2v) is 4.83. The summed E-state index contributed by atoms with van der Waals surface area (Å²) in [6.45, 7) is 7.94. The number of carbonyl (C=O) groups excluding carboxylic acids is 1. The van der Waals surface area contributed by atoms with Crippen molar-refractivity contribution in [2.24, 2.45) is 0 Å². The van der Waals surface area contributed by atoms with Crippen LogP contribution in [0.3, 0.4) is 0 Å². The van der Waals surface area contributed by atoms with Gasteiger partial charge in [0.2, 0.25) is 5.91 Å². The lowest BCUT2D eigenvalue weighted by atomic mass is 10.0. The maximum absolute atomic E-state index is 12.1. The number of carbonyl (C=O) groups is 1. The summed E-state index contributed by atoms with van der Waals surface area (Å²) < 4.78 is 10.6. The Morgan fingerprint density at radius 3 is 2.57 bits per heavy atom. The molecule has 0 saturated carbocycles. The van der Waals surface area contributed by atoms with E-state index in [1.807, 2.05) is 31.2 Å². The normalized spacial score (nSPS) is 13.3. The minimum Gasteiger partial charge on any atom is -0.497 e. The standard InChI is InChI=1S/C17H25NO3/c1-5-7-12-21-13(3)17(19)18-16(6-2)14-8-10-15(20-4)11-9-14/h5,8-11,13,16H,1,6-7,12H2,2-4H3,(H,18,19). The van der Waals surface area contributed by atoms with Gasteiger partial charge in [0.1, 0.15) is 11.9 Å².